The summed E-state index contributed by atoms with van der Waals surface area (Å²) in [6.45, 7) is 8.69. The summed E-state index contributed by atoms with van der Waals surface area (Å²) in [4.78, 5) is 8.29. The van der Waals surface area contributed by atoms with E-state index in [1.54, 1.807) is 11.3 Å². The minimum atomic E-state index is 0.107. The van der Waals surface area contributed by atoms with Crippen LogP contribution in [0.3, 0.4) is 0 Å². The van der Waals surface area contributed by atoms with Gasteiger partial charge in [0.2, 0.25) is 0 Å². The highest BCUT2D eigenvalue weighted by molar-refractivity contribution is 7.15. The third-order valence-electron chi connectivity index (χ3n) is 3.37. The van der Waals surface area contributed by atoms with E-state index in [1.807, 2.05) is 6.92 Å². The van der Waals surface area contributed by atoms with Crippen LogP contribution in [0.1, 0.15) is 43.3 Å². The second-order valence-electron chi connectivity index (χ2n) is 4.74. The predicted molar refractivity (Wildman–Crippen MR) is 70.1 cm³/mol. The fourth-order valence-electron chi connectivity index (χ4n) is 2.29. The van der Waals surface area contributed by atoms with Gasteiger partial charge in [0.1, 0.15) is 0 Å². The first-order chi connectivity index (χ1) is 7.61. The maximum Gasteiger partial charge on any atom is 0.185 e. The van der Waals surface area contributed by atoms with Crippen molar-refractivity contribution in [1.29, 1.82) is 0 Å². The number of rotatable bonds is 3. The van der Waals surface area contributed by atoms with Crippen molar-refractivity contribution >= 4 is 16.5 Å². The lowest BCUT2D eigenvalue weighted by Gasteiger charge is -2.14. The van der Waals surface area contributed by atoms with E-state index in [1.165, 1.54) is 29.4 Å². The number of hydrogen-bond donors (Lipinski definition) is 1. The third kappa shape index (κ3) is 2.23. The largest absolute Gasteiger partial charge is 0.348 e. The molecule has 90 valence electrons. The molecule has 16 heavy (non-hydrogen) atoms. The fourth-order valence-corrected chi connectivity index (χ4v) is 3.34. The first kappa shape index (κ1) is 11.9. The maximum atomic E-state index is 5.93. The summed E-state index contributed by atoms with van der Waals surface area (Å²) < 4.78 is 0. The number of anilines is 1. The van der Waals surface area contributed by atoms with Crippen LogP contribution in [-0.2, 0) is 0 Å². The van der Waals surface area contributed by atoms with Crippen molar-refractivity contribution in [2.24, 2.45) is 11.7 Å². The molecule has 1 aliphatic rings. The Labute approximate surface area is 102 Å². The summed E-state index contributed by atoms with van der Waals surface area (Å²) in [6, 6.07) is 0.107. The summed E-state index contributed by atoms with van der Waals surface area (Å²) >= 11 is 1.77. The fraction of sp³-hybridized carbons (Fsp3) is 0.750. The summed E-state index contributed by atoms with van der Waals surface area (Å²) in [7, 11) is 0. The molecule has 0 spiro atoms. The van der Waals surface area contributed by atoms with Crippen LogP contribution >= 0.6 is 11.3 Å². The van der Waals surface area contributed by atoms with Crippen LogP contribution in [0, 0.1) is 12.8 Å². The van der Waals surface area contributed by atoms with Crippen molar-refractivity contribution in [3.63, 3.8) is 0 Å². The van der Waals surface area contributed by atoms with E-state index in [0.29, 0.717) is 0 Å². The standard InChI is InChI=1S/C12H21N3S/c1-4-10-5-6-15(7-10)12-14-9(3)11(16-12)8(2)13/h8,10H,4-7,13H2,1-3H3. The molecule has 0 saturated carbocycles. The van der Waals surface area contributed by atoms with E-state index in [4.69, 9.17) is 5.73 Å². The van der Waals surface area contributed by atoms with E-state index in [0.717, 1.165) is 18.2 Å². The van der Waals surface area contributed by atoms with Crippen molar-refractivity contribution < 1.29 is 0 Å². The summed E-state index contributed by atoms with van der Waals surface area (Å²) in [5, 5.41) is 1.17. The zero-order valence-electron chi connectivity index (χ0n) is 10.4. The van der Waals surface area contributed by atoms with Crippen LogP contribution < -0.4 is 10.6 Å². The van der Waals surface area contributed by atoms with Crippen molar-refractivity contribution in [1.82, 2.24) is 4.98 Å². The Morgan fingerprint density at radius 3 is 2.88 bits per heavy atom. The predicted octanol–water partition coefficient (Wildman–Crippen LogP) is 2.71. The SMILES string of the molecule is CCC1CCN(c2nc(C)c(C(C)N)s2)C1. The first-order valence-corrected chi connectivity index (χ1v) is 6.91. The topological polar surface area (TPSA) is 42.2 Å². The Bertz CT molecular complexity index is 359. The average Bonchev–Trinajstić information content (AvgIpc) is 2.83. The van der Waals surface area contributed by atoms with Crippen LogP contribution in [0.2, 0.25) is 0 Å². The lowest BCUT2D eigenvalue weighted by atomic mass is 10.1. The molecule has 2 rings (SSSR count). The smallest absolute Gasteiger partial charge is 0.185 e. The lowest BCUT2D eigenvalue weighted by Crippen LogP contribution is -2.19. The number of aromatic nitrogens is 1. The van der Waals surface area contributed by atoms with E-state index in [9.17, 15) is 0 Å². The minimum Gasteiger partial charge on any atom is -0.348 e. The Morgan fingerprint density at radius 1 is 1.62 bits per heavy atom. The van der Waals surface area contributed by atoms with E-state index in [-0.39, 0.29) is 6.04 Å². The monoisotopic (exact) mass is 239 g/mol. The second kappa shape index (κ2) is 4.72. The van der Waals surface area contributed by atoms with Gasteiger partial charge in [0.15, 0.2) is 5.13 Å². The molecule has 0 aromatic carbocycles. The van der Waals surface area contributed by atoms with Crippen molar-refractivity contribution in [2.45, 2.75) is 39.7 Å². The van der Waals surface area contributed by atoms with Gasteiger partial charge in [0.25, 0.3) is 0 Å². The molecule has 2 unspecified atom stereocenters. The first-order valence-electron chi connectivity index (χ1n) is 6.09. The van der Waals surface area contributed by atoms with Crippen LogP contribution in [-0.4, -0.2) is 18.1 Å². The zero-order valence-corrected chi connectivity index (χ0v) is 11.2. The molecular formula is C12H21N3S. The highest BCUT2D eigenvalue weighted by Gasteiger charge is 2.24. The normalized spacial score (nSPS) is 22.8. The minimum absolute atomic E-state index is 0.107. The van der Waals surface area contributed by atoms with E-state index in [2.05, 4.69) is 23.7 Å². The molecule has 4 heteroatoms. The Morgan fingerprint density at radius 2 is 2.38 bits per heavy atom. The quantitative estimate of drug-likeness (QED) is 0.882. The highest BCUT2D eigenvalue weighted by Crippen LogP contribution is 2.33. The van der Waals surface area contributed by atoms with Gasteiger partial charge in [-0.05, 0) is 26.2 Å². The van der Waals surface area contributed by atoms with Crippen molar-refractivity contribution in [3.8, 4) is 0 Å². The van der Waals surface area contributed by atoms with Gasteiger partial charge in [-0.15, -0.1) is 11.3 Å². The van der Waals surface area contributed by atoms with Gasteiger partial charge in [-0.3, -0.25) is 0 Å². The van der Waals surface area contributed by atoms with Gasteiger partial charge in [-0.1, -0.05) is 13.3 Å². The second-order valence-corrected chi connectivity index (χ2v) is 5.75. The molecular weight excluding hydrogens is 218 g/mol. The van der Waals surface area contributed by atoms with E-state index >= 15 is 0 Å². The molecule has 2 N–H and O–H groups in total. The van der Waals surface area contributed by atoms with Gasteiger partial charge in [0, 0.05) is 24.0 Å². The van der Waals surface area contributed by atoms with Crippen molar-refractivity contribution in [3.05, 3.63) is 10.6 Å². The molecule has 1 saturated heterocycles. The van der Waals surface area contributed by atoms with Gasteiger partial charge >= 0.3 is 0 Å². The number of aryl methyl sites for hydroxylation is 1. The summed E-state index contributed by atoms with van der Waals surface area (Å²) in [6.07, 6.45) is 2.59. The Balaban J connectivity index is 2.13. The Kier molecular flexibility index (Phi) is 3.50. The lowest BCUT2D eigenvalue weighted by molar-refractivity contribution is 0.569. The molecule has 1 aliphatic heterocycles. The Hall–Kier alpha value is -0.610. The van der Waals surface area contributed by atoms with Gasteiger partial charge in [0.05, 0.1) is 5.69 Å². The molecule has 0 radical (unpaired) electrons. The number of nitrogens with two attached hydrogens (primary N) is 1. The molecule has 0 amide bonds. The molecule has 0 bridgehead atoms. The van der Waals surface area contributed by atoms with Crippen LogP contribution in [0.4, 0.5) is 5.13 Å². The maximum absolute atomic E-state index is 5.93. The van der Waals surface area contributed by atoms with Crippen molar-refractivity contribution in [2.75, 3.05) is 18.0 Å². The molecule has 2 atom stereocenters. The number of thiazole rings is 1. The molecule has 0 aliphatic carbocycles. The average molecular weight is 239 g/mol. The van der Waals surface area contributed by atoms with Gasteiger partial charge < -0.3 is 10.6 Å². The van der Waals surface area contributed by atoms with Crippen LogP contribution in [0.15, 0.2) is 0 Å². The zero-order chi connectivity index (χ0) is 11.7. The van der Waals surface area contributed by atoms with Crippen LogP contribution in [0.25, 0.3) is 0 Å². The molecule has 1 aromatic heterocycles. The van der Waals surface area contributed by atoms with E-state index < -0.39 is 0 Å². The third-order valence-corrected chi connectivity index (χ3v) is 4.79. The highest BCUT2D eigenvalue weighted by atomic mass is 32.1. The summed E-state index contributed by atoms with van der Waals surface area (Å²) in [5.74, 6) is 0.850. The molecule has 3 nitrogen and oxygen atoms in total. The molecule has 2 heterocycles. The van der Waals surface area contributed by atoms with Gasteiger partial charge in [-0.2, -0.15) is 0 Å². The number of nitrogens with zero attached hydrogens (tertiary/aromatic N) is 2. The molecule has 1 aromatic rings. The number of hydrogen-bond acceptors (Lipinski definition) is 4. The summed E-state index contributed by atoms with van der Waals surface area (Å²) in [5.41, 5.74) is 7.04. The molecule has 1 fully saturated rings. The van der Waals surface area contributed by atoms with Crippen LogP contribution in [0.5, 0.6) is 0 Å². The van der Waals surface area contributed by atoms with Gasteiger partial charge in [-0.25, -0.2) is 4.98 Å².